The topological polar surface area (TPSA) is 121 Å². The number of methoxy groups -OCH3 is 1. The largest absolute Gasteiger partial charge is 0.511 e. The Hall–Kier alpha value is -2.78. The molecule has 0 amide bonds. The highest BCUT2D eigenvalue weighted by atomic mass is 16.8. The van der Waals surface area contributed by atoms with Gasteiger partial charge in [0, 0.05) is 24.0 Å². The van der Waals surface area contributed by atoms with Gasteiger partial charge in [0.25, 0.3) is 0 Å². The van der Waals surface area contributed by atoms with Gasteiger partial charge in [-0.05, 0) is 44.9 Å². The standard InChI is InChI=1S/C24H28O9/c1-4-30-20(27)22(2)12-14-16(17-13(25)8-9-15(26)24(17,22)21(28)29-3)18-19(31-14)33-23(32-18)10-6-5-7-11-23/h8-9,12,18-19,25-26H,4-7,10-11H2,1-3H3. The van der Waals surface area contributed by atoms with E-state index in [1.165, 1.54) is 25.2 Å². The fraction of sp³-hybridized carbons (Fsp3) is 0.583. The summed E-state index contributed by atoms with van der Waals surface area (Å²) >= 11 is 0. The summed E-state index contributed by atoms with van der Waals surface area (Å²) in [5, 5.41) is 22.2. The van der Waals surface area contributed by atoms with Crippen LogP contribution in [0.25, 0.3) is 0 Å². The Morgan fingerprint density at radius 3 is 2.52 bits per heavy atom. The number of rotatable bonds is 3. The van der Waals surface area contributed by atoms with Gasteiger partial charge in [0.2, 0.25) is 6.29 Å². The molecular weight excluding hydrogens is 432 g/mol. The van der Waals surface area contributed by atoms with Crippen molar-refractivity contribution >= 4 is 11.9 Å². The zero-order chi connectivity index (χ0) is 23.6. The molecule has 9 heteroatoms. The van der Waals surface area contributed by atoms with Gasteiger partial charge in [-0.3, -0.25) is 9.59 Å². The van der Waals surface area contributed by atoms with Crippen LogP contribution in [0.3, 0.4) is 0 Å². The molecule has 5 rings (SSSR count). The van der Waals surface area contributed by atoms with Crippen LogP contribution in [0.15, 0.2) is 46.7 Å². The lowest BCUT2D eigenvalue weighted by Gasteiger charge is -2.47. The summed E-state index contributed by atoms with van der Waals surface area (Å²) in [6, 6.07) is 0. The minimum Gasteiger partial charge on any atom is -0.511 e. The lowest BCUT2D eigenvalue weighted by atomic mass is 9.53. The number of esters is 2. The number of hydrogen-bond donors (Lipinski definition) is 2. The summed E-state index contributed by atoms with van der Waals surface area (Å²) in [6.45, 7) is 3.14. The number of allylic oxidation sites excluding steroid dienone is 3. The van der Waals surface area contributed by atoms with Gasteiger partial charge >= 0.3 is 11.9 Å². The Balaban J connectivity index is 1.73. The molecule has 2 saturated heterocycles. The number of aliphatic hydroxyl groups is 2. The second kappa shape index (κ2) is 7.36. The van der Waals surface area contributed by atoms with E-state index < -0.39 is 46.7 Å². The van der Waals surface area contributed by atoms with E-state index in [1.807, 2.05) is 0 Å². The van der Waals surface area contributed by atoms with Gasteiger partial charge in [-0.15, -0.1) is 0 Å². The van der Waals surface area contributed by atoms with Crippen molar-refractivity contribution in [2.45, 2.75) is 64.1 Å². The van der Waals surface area contributed by atoms with Crippen molar-refractivity contribution in [1.29, 1.82) is 0 Å². The second-order valence-electron chi connectivity index (χ2n) is 9.18. The molecule has 0 aromatic heterocycles. The third-order valence-electron chi connectivity index (χ3n) is 7.40. The molecule has 2 aliphatic heterocycles. The molecule has 0 aromatic carbocycles. The first-order chi connectivity index (χ1) is 15.7. The number of carbonyl (C=O) groups excluding carboxylic acids is 2. The SMILES string of the molecule is CCOC(=O)C1(C)C=C2OC3OC4(CCCCC4)OC3C2=C2C(O)=CC=C(O)C21C(=O)OC. The number of fused-ring (bicyclic) bond motifs is 4. The molecule has 5 aliphatic rings. The lowest BCUT2D eigenvalue weighted by Crippen LogP contribution is -2.56. The zero-order valence-electron chi connectivity index (χ0n) is 18.9. The summed E-state index contributed by atoms with van der Waals surface area (Å²) in [4.78, 5) is 26.7. The van der Waals surface area contributed by atoms with Crippen LogP contribution in [0.4, 0.5) is 0 Å². The maximum Gasteiger partial charge on any atom is 0.325 e. The van der Waals surface area contributed by atoms with Crippen molar-refractivity contribution in [3.8, 4) is 0 Å². The fourth-order valence-corrected chi connectivity index (χ4v) is 5.89. The van der Waals surface area contributed by atoms with Crippen LogP contribution in [0.2, 0.25) is 0 Å². The first-order valence-electron chi connectivity index (χ1n) is 11.3. The van der Waals surface area contributed by atoms with Crippen LogP contribution in [-0.2, 0) is 33.3 Å². The zero-order valence-corrected chi connectivity index (χ0v) is 18.9. The van der Waals surface area contributed by atoms with Gasteiger partial charge in [-0.1, -0.05) is 6.42 Å². The summed E-state index contributed by atoms with van der Waals surface area (Å²) in [6.07, 6.45) is 6.77. The van der Waals surface area contributed by atoms with E-state index in [-0.39, 0.29) is 23.7 Å². The van der Waals surface area contributed by atoms with Crippen LogP contribution < -0.4 is 0 Å². The molecule has 0 radical (unpaired) electrons. The molecule has 0 aromatic rings. The molecule has 178 valence electrons. The average molecular weight is 460 g/mol. The van der Waals surface area contributed by atoms with Crippen LogP contribution >= 0.6 is 0 Å². The van der Waals surface area contributed by atoms with E-state index in [1.54, 1.807) is 6.92 Å². The summed E-state index contributed by atoms with van der Waals surface area (Å²) in [5.41, 5.74) is -3.50. The average Bonchev–Trinajstić information content (AvgIpc) is 3.28. The van der Waals surface area contributed by atoms with Crippen molar-refractivity contribution in [2.24, 2.45) is 10.8 Å². The van der Waals surface area contributed by atoms with E-state index in [4.69, 9.17) is 23.7 Å². The molecule has 0 bridgehead atoms. The highest BCUT2D eigenvalue weighted by Gasteiger charge is 2.71. The maximum absolute atomic E-state index is 13.4. The molecule has 4 unspecified atom stereocenters. The van der Waals surface area contributed by atoms with Crippen LogP contribution in [0.1, 0.15) is 46.0 Å². The third-order valence-corrected chi connectivity index (χ3v) is 7.40. The normalized spacial score (nSPS) is 36.0. The Bertz CT molecular complexity index is 1030. The molecule has 1 saturated carbocycles. The third kappa shape index (κ3) is 2.72. The van der Waals surface area contributed by atoms with E-state index >= 15 is 0 Å². The van der Waals surface area contributed by atoms with Crippen LogP contribution in [-0.4, -0.2) is 54.0 Å². The van der Waals surface area contributed by atoms with Gasteiger partial charge in [0.15, 0.2) is 17.3 Å². The fourth-order valence-electron chi connectivity index (χ4n) is 5.89. The molecule has 3 fully saturated rings. The number of ether oxygens (including phenoxy) is 5. The Morgan fingerprint density at radius 1 is 1.12 bits per heavy atom. The Labute approximate surface area is 191 Å². The molecule has 1 spiro atoms. The van der Waals surface area contributed by atoms with Crippen molar-refractivity contribution < 1.29 is 43.5 Å². The Morgan fingerprint density at radius 2 is 1.85 bits per heavy atom. The first-order valence-corrected chi connectivity index (χ1v) is 11.3. The number of hydrogen-bond acceptors (Lipinski definition) is 9. The quantitative estimate of drug-likeness (QED) is 0.611. The number of aliphatic hydroxyl groups excluding tert-OH is 2. The molecule has 2 heterocycles. The summed E-state index contributed by atoms with van der Waals surface area (Å²) in [7, 11) is 1.16. The maximum atomic E-state index is 13.4. The van der Waals surface area contributed by atoms with E-state index in [0.29, 0.717) is 18.4 Å². The first kappa shape index (κ1) is 22.0. The molecular formula is C24H28O9. The van der Waals surface area contributed by atoms with Gasteiger partial charge in [-0.2, -0.15) is 0 Å². The van der Waals surface area contributed by atoms with Gasteiger partial charge in [-0.25, -0.2) is 0 Å². The molecule has 9 nitrogen and oxygen atoms in total. The van der Waals surface area contributed by atoms with Crippen molar-refractivity contribution in [1.82, 2.24) is 0 Å². The van der Waals surface area contributed by atoms with Crippen molar-refractivity contribution in [2.75, 3.05) is 13.7 Å². The Kier molecular flexibility index (Phi) is 4.92. The lowest BCUT2D eigenvalue weighted by molar-refractivity contribution is -0.220. The molecule has 4 atom stereocenters. The number of carbonyl (C=O) groups is 2. The minimum absolute atomic E-state index is 0.00589. The van der Waals surface area contributed by atoms with Crippen molar-refractivity contribution in [3.63, 3.8) is 0 Å². The predicted molar refractivity (Wildman–Crippen MR) is 112 cm³/mol. The van der Waals surface area contributed by atoms with Gasteiger partial charge < -0.3 is 33.9 Å². The van der Waals surface area contributed by atoms with Crippen molar-refractivity contribution in [3.05, 3.63) is 46.7 Å². The predicted octanol–water partition coefficient (Wildman–Crippen LogP) is 3.24. The van der Waals surface area contributed by atoms with Gasteiger partial charge in [0.05, 0.1) is 13.7 Å². The van der Waals surface area contributed by atoms with Crippen LogP contribution in [0, 0.1) is 10.8 Å². The highest BCUT2D eigenvalue weighted by Crippen LogP contribution is 2.63. The second-order valence-corrected chi connectivity index (χ2v) is 9.18. The van der Waals surface area contributed by atoms with E-state index in [0.717, 1.165) is 26.4 Å². The van der Waals surface area contributed by atoms with Crippen LogP contribution in [0.5, 0.6) is 0 Å². The van der Waals surface area contributed by atoms with E-state index in [9.17, 15) is 19.8 Å². The monoisotopic (exact) mass is 460 g/mol. The molecule has 33 heavy (non-hydrogen) atoms. The molecule has 2 N–H and O–H groups in total. The highest BCUT2D eigenvalue weighted by molar-refractivity contribution is 5.98. The van der Waals surface area contributed by atoms with E-state index in [2.05, 4.69) is 0 Å². The minimum atomic E-state index is -2.09. The van der Waals surface area contributed by atoms with Gasteiger partial charge in [0.1, 0.15) is 22.7 Å². The molecule has 3 aliphatic carbocycles. The summed E-state index contributed by atoms with van der Waals surface area (Å²) < 4.78 is 29.1. The summed E-state index contributed by atoms with van der Waals surface area (Å²) in [5.74, 6) is -2.99. The smallest absolute Gasteiger partial charge is 0.325 e.